The number of rotatable bonds is 9. The van der Waals surface area contributed by atoms with Crippen LogP contribution >= 0.6 is 45.2 Å². The largest absolute Gasteiger partial charge is 0.466 e. The standard InChI is InChI=1S/C19H29I2NO4Si/c1-18(2,3)27(5,6)26-19(13-20,14-21)17(15-10-8-7-9-11-15)22-25-12-16(23)24-4/h7-11H,12-14H2,1-6H3/b22-17+. The number of hydrogen-bond donors (Lipinski definition) is 0. The summed E-state index contributed by atoms with van der Waals surface area (Å²) in [6.45, 7) is 10.9. The van der Waals surface area contributed by atoms with Crippen LogP contribution in [0.4, 0.5) is 0 Å². The molecule has 0 aliphatic heterocycles. The third kappa shape index (κ3) is 6.67. The van der Waals surface area contributed by atoms with Crippen molar-refractivity contribution in [2.24, 2.45) is 5.16 Å². The highest BCUT2D eigenvalue weighted by atomic mass is 127. The minimum Gasteiger partial charge on any atom is -0.466 e. The predicted octanol–water partition coefficient (Wildman–Crippen LogP) is 5.21. The Labute approximate surface area is 191 Å². The lowest BCUT2D eigenvalue weighted by Crippen LogP contribution is -2.56. The van der Waals surface area contributed by atoms with E-state index in [-0.39, 0.29) is 11.6 Å². The molecule has 1 aromatic rings. The Morgan fingerprint density at radius 1 is 1.11 bits per heavy atom. The maximum absolute atomic E-state index is 11.4. The van der Waals surface area contributed by atoms with Gasteiger partial charge in [0.25, 0.3) is 0 Å². The van der Waals surface area contributed by atoms with Gasteiger partial charge < -0.3 is 14.0 Å². The van der Waals surface area contributed by atoms with Gasteiger partial charge in [0.15, 0.2) is 8.32 Å². The summed E-state index contributed by atoms with van der Waals surface area (Å²) < 4.78 is 13.0. The van der Waals surface area contributed by atoms with E-state index in [9.17, 15) is 4.79 Å². The Balaban J connectivity index is 3.39. The molecule has 8 heteroatoms. The second-order valence-corrected chi connectivity index (χ2v) is 14.0. The van der Waals surface area contributed by atoms with Crippen LogP contribution in [0, 0.1) is 0 Å². The van der Waals surface area contributed by atoms with Crippen molar-refractivity contribution in [3.63, 3.8) is 0 Å². The number of methoxy groups -OCH3 is 1. The Kier molecular flexibility index (Phi) is 9.69. The number of ether oxygens (including phenoxy) is 1. The van der Waals surface area contributed by atoms with Crippen LogP contribution in [0.25, 0.3) is 0 Å². The first-order chi connectivity index (χ1) is 12.5. The first-order valence-corrected chi connectivity index (χ1v) is 14.6. The van der Waals surface area contributed by atoms with Crippen molar-refractivity contribution < 1.29 is 18.8 Å². The van der Waals surface area contributed by atoms with Gasteiger partial charge in [0.05, 0.1) is 7.11 Å². The summed E-state index contributed by atoms with van der Waals surface area (Å²) in [5.74, 6) is -0.467. The molecule has 0 saturated heterocycles. The average molecular weight is 617 g/mol. The minimum atomic E-state index is -2.08. The van der Waals surface area contributed by atoms with E-state index < -0.39 is 19.9 Å². The third-order valence-electron chi connectivity index (χ3n) is 4.73. The van der Waals surface area contributed by atoms with Gasteiger partial charge in [-0.25, -0.2) is 4.79 Å². The molecule has 0 radical (unpaired) electrons. The van der Waals surface area contributed by atoms with Crippen molar-refractivity contribution >= 4 is 65.2 Å². The lowest BCUT2D eigenvalue weighted by atomic mass is 9.96. The summed E-state index contributed by atoms with van der Waals surface area (Å²) in [7, 11) is -0.756. The number of carbonyl (C=O) groups is 1. The van der Waals surface area contributed by atoms with Gasteiger partial charge in [-0.1, -0.05) is 101 Å². The van der Waals surface area contributed by atoms with Gasteiger partial charge in [-0.05, 0) is 18.1 Å². The number of halogens is 2. The summed E-state index contributed by atoms with van der Waals surface area (Å²) in [5, 5.41) is 4.43. The van der Waals surface area contributed by atoms with Gasteiger partial charge >= 0.3 is 5.97 Å². The number of nitrogens with zero attached hydrogens (tertiary/aromatic N) is 1. The number of hydrogen-bond acceptors (Lipinski definition) is 5. The molecule has 1 rings (SSSR count). The van der Waals surface area contributed by atoms with Crippen molar-refractivity contribution in [2.75, 3.05) is 22.6 Å². The van der Waals surface area contributed by atoms with Crippen LogP contribution in [0.2, 0.25) is 18.1 Å². The molecule has 0 atom stereocenters. The fourth-order valence-corrected chi connectivity index (χ4v) is 6.83. The minimum absolute atomic E-state index is 0.0601. The van der Waals surface area contributed by atoms with Crippen molar-refractivity contribution in [1.82, 2.24) is 0 Å². The van der Waals surface area contributed by atoms with Crippen molar-refractivity contribution in [1.29, 1.82) is 0 Å². The molecular formula is C19H29I2NO4Si. The molecule has 5 nitrogen and oxygen atoms in total. The lowest BCUT2D eigenvalue weighted by molar-refractivity contribution is -0.145. The molecule has 0 amide bonds. The summed E-state index contributed by atoms with van der Waals surface area (Å²) in [4.78, 5) is 16.8. The van der Waals surface area contributed by atoms with Gasteiger partial charge in [0.1, 0.15) is 11.3 Å². The Morgan fingerprint density at radius 2 is 1.67 bits per heavy atom. The molecule has 1 aromatic carbocycles. The van der Waals surface area contributed by atoms with Gasteiger partial charge in [-0.3, -0.25) is 0 Å². The third-order valence-corrected chi connectivity index (χ3v) is 11.7. The topological polar surface area (TPSA) is 57.1 Å². The van der Waals surface area contributed by atoms with E-state index in [2.05, 4.69) is 88.9 Å². The molecule has 0 saturated carbocycles. The molecule has 0 unspecified atom stereocenters. The molecule has 0 spiro atoms. The van der Waals surface area contributed by atoms with Gasteiger partial charge in [0.2, 0.25) is 6.61 Å². The highest BCUT2D eigenvalue weighted by Gasteiger charge is 2.47. The number of carbonyl (C=O) groups excluding carboxylic acids is 1. The summed E-state index contributed by atoms with van der Waals surface area (Å²) >= 11 is 4.70. The molecular weight excluding hydrogens is 588 g/mol. The van der Waals surface area contributed by atoms with Crippen LogP contribution in [0.5, 0.6) is 0 Å². The summed E-state index contributed by atoms with van der Waals surface area (Å²) in [6.07, 6.45) is 0. The van der Waals surface area contributed by atoms with Gasteiger partial charge in [0, 0.05) is 14.4 Å². The zero-order valence-electron chi connectivity index (χ0n) is 16.8. The van der Waals surface area contributed by atoms with E-state index in [1.54, 1.807) is 0 Å². The quantitative estimate of drug-likeness (QED) is 0.0955. The molecule has 27 heavy (non-hydrogen) atoms. The maximum atomic E-state index is 11.4. The molecule has 152 valence electrons. The summed E-state index contributed by atoms with van der Waals surface area (Å²) in [6, 6.07) is 9.86. The van der Waals surface area contributed by atoms with Crippen LogP contribution in [-0.2, 0) is 18.8 Å². The molecule has 0 N–H and O–H groups in total. The number of oxime groups is 1. The second-order valence-electron chi connectivity index (χ2n) is 7.78. The average Bonchev–Trinajstić information content (AvgIpc) is 2.63. The molecule has 0 fully saturated rings. The predicted molar refractivity (Wildman–Crippen MR) is 130 cm³/mol. The van der Waals surface area contributed by atoms with E-state index in [0.29, 0.717) is 5.71 Å². The monoisotopic (exact) mass is 617 g/mol. The Hall–Kier alpha value is -0.203. The van der Waals surface area contributed by atoms with Crippen LogP contribution < -0.4 is 0 Å². The fraction of sp³-hybridized carbons (Fsp3) is 0.579. The Morgan fingerprint density at radius 3 is 2.11 bits per heavy atom. The second kappa shape index (κ2) is 10.5. The fourth-order valence-electron chi connectivity index (χ4n) is 2.11. The van der Waals surface area contributed by atoms with Crippen LogP contribution in [0.15, 0.2) is 35.5 Å². The highest BCUT2D eigenvalue weighted by Crippen LogP contribution is 2.41. The molecule has 0 aliphatic carbocycles. The van der Waals surface area contributed by atoms with Crippen molar-refractivity contribution in [3.05, 3.63) is 35.9 Å². The SMILES string of the molecule is COC(=O)CO/N=C(\c1ccccc1)C(CI)(CI)O[Si](C)(C)C(C)(C)C. The van der Waals surface area contributed by atoms with E-state index in [1.807, 2.05) is 30.3 Å². The van der Waals surface area contributed by atoms with Gasteiger partial charge in [-0.2, -0.15) is 0 Å². The Bertz CT molecular complexity index is 641. The number of benzene rings is 1. The first-order valence-electron chi connectivity index (χ1n) is 8.68. The number of alkyl halides is 2. The smallest absolute Gasteiger partial charge is 0.346 e. The summed E-state index contributed by atoms with van der Waals surface area (Å²) in [5.41, 5.74) is 1.02. The molecule has 0 aromatic heterocycles. The van der Waals surface area contributed by atoms with Gasteiger partial charge in [-0.15, -0.1) is 0 Å². The molecule has 0 bridgehead atoms. The van der Waals surface area contributed by atoms with Crippen LogP contribution in [-0.4, -0.2) is 48.2 Å². The van der Waals surface area contributed by atoms with E-state index in [1.165, 1.54) is 7.11 Å². The normalized spacial score (nSPS) is 13.4. The zero-order chi connectivity index (χ0) is 20.7. The number of esters is 1. The van der Waals surface area contributed by atoms with Crippen molar-refractivity contribution in [2.45, 2.75) is 44.5 Å². The zero-order valence-corrected chi connectivity index (χ0v) is 22.2. The van der Waals surface area contributed by atoms with E-state index >= 15 is 0 Å². The van der Waals surface area contributed by atoms with Crippen LogP contribution in [0.3, 0.4) is 0 Å². The molecule has 0 heterocycles. The lowest BCUT2D eigenvalue weighted by Gasteiger charge is -2.44. The van der Waals surface area contributed by atoms with E-state index in [4.69, 9.17) is 9.26 Å². The van der Waals surface area contributed by atoms with Crippen molar-refractivity contribution in [3.8, 4) is 0 Å². The first kappa shape index (κ1) is 24.8. The van der Waals surface area contributed by atoms with Crippen LogP contribution in [0.1, 0.15) is 26.3 Å². The highest BCUT2D eigenvalue weighted by molar-refractivity contribution is 14.1. The van der Waals surface area contributed by atoms with E-state index in [0.717, 1.165) is 14.4 Å². The molecule has 0 aliphatic rings. The maximum Gasteiger partial charge on any atom is 0.346 e.